The molecular weight excluding hydrogens is 286 g/mol. The molecule has 1 fully saturated rings. The van der Waals surface area contributed by atoms with Crippen LogP contribution >= 0.6 is 23.4 Å². The summed E-state index contributed by atoms with van der Waals surface area (Å²) in [5.74, 6) is 1.000. The van der Waals surface area contributed by atoms with Gasteiger partial charge in [-0.05, 0) is 17.7 Å². The topological polar surface area (TPSA) is 60.8 Å². The Morgan fingerprint density at radius 2 is 2.05 bits per heavy atom. The summed E-state index contributed by atoms with van der Waals surface area (Å²) in [4.78, 5) is 13.4. The van der Waals surface area contributed by atoms with Crippen LogP contribution in [0.1, 0.15) is 5.56 Å². The third-order valence-corrected chi connectivity index (χ3v) is 4.22. The number of β-amino-alcohol motifs (C(OH)–C–C–N with tert-alkyl or cyclic N) is 2. The summed E-state index contributed by atoms with van der Waals surface area (Å²) in [7, 11) is 0. The summed E-state index contributed by atoms with van der Waals surface area (Å²) in [5, 5.41) is 19.5. The molecule has 1 aliphatic heterocycles. The number of thioether (sulfide) groups is 1. The van der Waals surface area contributed by atoms with Crippen LogP contribution < -0.4 is 0 Å². The first kappa shape index (κ1) is 14.7. The highest BCUT2D eigenvalue weighted by molar-refractivity contribution is 7.99. The first-order chi connectivity index (χ1) is 9.06. The second-order valence-electron chi connectivity index (χ2n) is 4.56. The molecule has 1 aliphatic rings. The van der Waals surface area contributed by atoms with Crippen molar-refractivity contribution in [3.8, 4) is 0 Å². The van der Waals surface area contributed by atoms with E-state index in [1.165, 1.54) is 16.7 Å². The fourth-order valence-electron chi connectivity index (χ4n) is 1.95. The number of rotatable bonds is 4. The molecule has 0 aliphatic carbocycles. The number of nitrogens with zero attached hydrogens (tertiary/aromatic N) is 1. The van der Waals surface area contributed by atoms with Crippen molar-refractivity contribution in [2.45, 2.75) is 18.0 Å². The van der Waals surface area contributed by atoms with Crippen LogP contribution in [0, 0.1) is 0 Å². The van der Waals surface area contributed by atoms with E-state index >= 15 is 0 Å². The smallest absolute Gasteiger partial charge is 0.232 e. The van der Waals surface area contributed by atoms with E-state index in [0.29, 0.717) is 16.5 Å². The lowest BCUT2D eigenvalue weighted by Crippen LogP contribution is -2.31. The van der Waals surface area contributed by atoms with Gasteiger partial charge in [-0.15, -0.1) is 11.8 Å². The van der Waals surface area contributed by atoms with Crippen molar-refractivity contribution in [2.24, 2.45) is 0 Å². The van der Waals surface area contributed by atoms with Crippen molar-refractivity contribution >= 4 is 29.3 Å². The number of hydrogen-bond donors (Lipinski definition) is 2. The van der Waals surface area contributed by atoms with Crippen LogP contribution in [0.4, 0.5) is 0 Å². The van der Waals surface area contributed by atoms with E-state index in [-0.39, 0.29) is 19.0 Å². The Morgan fingerprint density at radius 3 is 2.68 bits per heavy atom. The van der Waals surface area contributed by atoms with Crippen LogP contribution in [0.5, 0.6) is 0 Å². The van der Waals surface area contributed by atoms with E-state index in [0.717, 1.165) is 5.56 Å². The standard InChI is InChI=1S/C13H16ClNO3S/c14-10-3-1-2-9(4-10)7-19-8-13(18)15-5-11(16)12(17)6-15/h1-4,11-12,16-17H,5-8H2. The number of aliphatic hydroxyl groups excluding tert-OH is 2. The molecule has 2 atom stereocenters. The maximum Gasteiger partial charge on any atom is 0.232 e. The van der Waals surface area contributed by atoms with Crippen molar-refractivity contribution in [2.75, 3.05) is 18.8 Å². The van der Waals surface area contributed by atoms with Gasteiger partial charge in [-0.1, -0.05) is 23.7 Å². The largest absolute Gasteiger partial charge is 0.388 e. The summed E-state index contributed by atoms with van der Waals surface area (Å²) in [6.07, 6.45) is -1.64. The Bertz CT molecular complexity index is 447. The van der Waals surface area contributed by atoms with Gasteiger partial charge in [-0.2, -0.15) is 0 Å². The van der Waals surface area contributed by atoms with Crippen LogP contribution in [0.3, 0.4) is 0 Å². The number of likely N-dealkylation sites (tertiary alicyclic amines) is 1. The second-order valence-corrected chi connectivity index (χ2v) is 5.98. The molecule has 1 heterocycles. The predicted molar refractivity (Wildman–Crippen MR) is 76.2 cm³/mol. The van der Waals surface area contributed by atoms with Crippen molar-refractivity contribution in [1.29, 1.82) is 0 Å². The van der Waals surface area contributed by atoms with Crippen molar-refractivity contribution in [1.82, 2.24) is 4.90 Å². The highest BCUT2D eigenvalue weighted by Crippen LogP contribution is 2.18. The average Bonchev–Trinajstić information content (AvgIpc) is 2.70. The van der Waals surface area contributed by atoms with Crippen molar-refractivity contribution < 1.29 is 15.0 Å². The predicted octanol–water partition coefficient (Wildman–Crippen LogP) is 1.14. The molecule has 1 saturated heterocycles. The second kappa shape index (κ2) is 6.61. The number of hydrogen-bond acceptors (Lipinski definition) is 4. The zero-order valence-corrected chi connectivity index (χ0v) is 11.9. The van der Waals surface area contributed by atoms with E-state index in [9.17, 15) is 15.0 Å². The number of benzene rings is 1. The van der Waals surface area contributed by atoms with E-state index in [2.05, 4.69) is 0 Å². The molecule has 1 aromatic rings. The van der Waals surface area contributed by atoms with Gasteiger partial charge in [0.1, 0.15) is 0 Å². The van der Waals surface area contributed by atoms with Crippen LogP contribution in [-0.4, -0.2) is 52.1 Å². The molecule has 0 saturated carbocycles. The minimum Gasteiger partial charge on any atom is -0.388 e. The van der Waals surface area contributed by atoms with Crippen LogP contribution in [0.15, 0.2) is 24.3 Å². The lowest BCUT2D eigenvalue weighted by Gasteiger charge is -2.14. The van der Waals surface area contributed by atoms with E-state index in [4.69, 9.17) is 11.6 Å². The van der Waals surface area contributed by atoms with Gasteiger partial charge in [0.05, 0.1) is 18.0 Å². The maximum atomic E-state index is 11.9. The Labute approximate surface area is 121 Å². The van der Waals surface area contributed by atoms with Crippen molar-refractivity contribution in [3.63, 3.8) is 0 Å². The molecule has 0 spiro atoms. The first-order valence-electron chi connectivity index (χ1n) is 6.02. The fraction of sp³-hybridized carbons (Fsp3) is 0.462. The number of carbonyl (C=O) groups is 1. The molecule has 2 N–H and O–H groups in total. The minimum absolute atomic E-state index is 0.0531. The van der Waals surface area contributed by atoms with E-state index in [1.54, 1.807) is 0 Å². The normalized spacial score (nSPS) is 22.8. The zero-order chi connectivity index (χ0) is 13.8. The SMILES string of the molecule is O=C(CSCc1cccc(Cl)c1)N1CC(O)C(O)C1. The fourth-order valence-corrected chi connectivity index (χ4v) is 3.03. The van der Waals surface area contributed by atoms with Gasteiger partial charge >= 0.3 is 0 Å². The number of carbonyl (C=O) groups excluding carboxylic acids is 1. The zero-order valence-electron chi connectivity index (χ0n) is 10.3. The monoisotopic (exact) mass is 301 g/mol. The summed E-state index contributed by atoms with van der Waals surface area (Å²) < 4.78 is 0. The number of amides is 1. The maximum absolute atomic E-state index is 11.9. The van der Waals surface area contributed by atoms with Gasteiger partial charge in [0, 0.05) is 23.9 Å². The molecular formula is C13H16ClNO3S. The van der Waals surface area contributed by atoms with Gasteiger partial charge in [0.15, 0.2) is 0 Å². The van der Waals surface area contributed by atoms with Gasteiger partial charge in [-0.25, -0.2) is 0 Å². The summed E-state index contributed by atoms with van der Waals surface area (Å²) >= 11 is 7.38. The van der Waals surface area contributed by atoms with Gasteiger partial charge < -0.3 is 15.1 Å². The molecule has 6 heteroatoms. The van der Waals surface area contributed by atoms with Crippen molar-refractivity contribution in [3.05, 3.63) is 34.9 Å². The molecule has 0 bridgehead atoms. The molecule has 1 aromatic carbocycles. The molecule has 0 radical (unpaired) electrons. The Morgan fingerprint density at radius 1 is 1.37 bits per heavy atom. The molecule has 19 heavy (non-hydrogen) atoms. The minimum atomic E-state index is -0.818. The number of aliphatic hydroxyl groups is 2. The van der Waals surface area contributed by atoms with E-state index < -0.39 is 12.2 Å². The summed E-state index contributed by atoms with van der Waals surface area (Å²) in [5.41, 5.74) is 1.08. The Hall–Kier alpha value is -0.750. The highest BCUT2D eigenvalue weighted by atomic mass is 35.5. The first-order valence-corrected chi connectivity index (χ1v) is 7.55. The van der Waals surface area contributed by atoms with Crippen LogP contribution in [0.2, 0.25) is 5.02 Å². The van der Waals surface area contributed by atoms with Gasteiger partial charge in [0.25, 0.3) is 0 Å². The lowest BCUT2D eigenvalue weighted by atomic mass is 10.2. The highest BCUT2D eigenvalue weighted by Gasteiger charge is 2.32. The third-order valence-electron chi connectivity index (χ3n) is 3.00. The quantitative estimate of drug-likeness (QED) is 0.875. The number of halogens is 1. The van der Waals surface area contributed by atoms with E-state index in [1.807, 2.05) is 24.3 Å². The summed E-state index contributed by atoms with van der Waals surface area (Å²) in [6.45, 7) is 0.440. The Kier molecular flexibility index (Phi) is 5.10. The molecule has 2 unspecified atom stereocenters. The lowest BCUT2D eigenvalue weighted by molar-refractivity contribution is -0.127. The molecule has 0 aromatic heterocycles. The molecule has 4 nitrogen and oxygen atoms in total. The average molecular weight is 302 g/mol. The van der Waals surface area contributed by atoms with Gasteiger partial charge in [0.2, 0.25) is 5.91 Å². The third kappa shape index (κ3) is 4.11. The summed E-state index contributed by atoms with van der Waals surface area (Å²) in [6, 6.07) is 7.54. The molecule has 1 amide bonds. The Balaban J connectivity index is 1.75. The molecule has 104 valence electrons. The van der Waals surface area contributed by atoms with Crippen LogP contribution in [-0.2, 0) is 10.5 Å². The van der Waals surface area contributed by atoms with Crippen LogP contribution in [0.25, 0.3) is 0 Å². The van der Waals surface area contributed by atoms with Gasteiger partial charge in [-0.3, -0.25) is 4.79 Å². The molecule has 2 rings (SSSR count).